The summed E-state index contributed by atoms with van der Waals surface area (Å²) in [5.41, 5.74) is 3.27. The first-order valence-electron chi connectivity index (χ1n) is 10.8. The minimum absolute atomic E-state index is 0.472. The quantitative estimate of drug-likeness (QED) is 0.423. The maximum atomic E-state index is 4.95. The van der Waals surface area contributed by atoms with Crippen molar-refractivity contribution < 1.29 is 0 Å². The van der Waals surface area contributed by atoms with E-state index in [9.17, 15) is 0 Å². The fraction of sp³-hybridized carbons (Fsp3) is 0.500. The van der Waals surface area contributed by atoms with Gasteiger partial charge in [0.05, 0.1) is 12.2 Å². The normalized spacial score (nSPS) is 11.2. The van der Waals surface area contributed by atoms with Gasteiger partial charge >= 0.3 is 0 Å². The van der Waals surface area contributed by atoms with Gasteiger partial charge in [0, 0.05) is 29.3 Å². The van der Waals surface area contributed by atoms with Crippen molar-refractivity contribution in [2.75, 3.05) is 22.9 Å². The predicted octanol–water partition coefficient (Wildman–Crippen LogP) is 5.15. The number of H-pyrrole nitrogens is 1. The lowest BCUT2D eigenvalue weighted by Gasteiger charge is -2.27. The Hall–Kier alpha value is -2.55. The molecule has 8 nitrogen and oxygen atoms in total. The van der Waals surface area contributed by atoms with Crippen LogP contribution in [0, 0.1) is 6.92 Å². The smallest absolute Gasteiger partial charge is 0.232 e. The number of rotatable bonds is 10. The van der Waals surface area contributed by atoms with Crippen molar-refractivity contribution in [3.63, 3.8) is 0 Å². The second-order valence-corrected chi connectivity index (χ2v) is 8.73. The summed E-state index contributed by atoms with van der Waals surface area (Å²) in [6.45, 7) is 12.9. The molecule has 2 aromatic heterocycles. The van der Waals surface area contributed by atoms with Crippen molar-refractivity contribution in [3.8, 4) is 0 Å². The molecule has 3 aromatic rings. The summed E-state index contributed by atoms with van der Waals surface area (Å²) in [6, 6.07) is 8.52. The Morgan fingerprint density at radius 2 is 1.94 bits per heavy atom. The Kier molecular flexibility index (Phi) is 7.95. The third kappa shape index (κ3) is 5.78. The van der Waals surface area contributed by atoms with Crippen LogP contribution in [0.25, 0.3) is 0 Å². The van der Waals surface area contributed by atoms with Crippen molar-refractivity contribution in [3.05, 3.63) is 45.8 Å². The van der Waals surface area contributed by atoms with Crippen LogP contribution in [0.5, 0.6) is 0 Å². The number of benzene rings is 1. The van der Waals surface area contributed by atoms with Gasteiger partial charge in [0.1, 0.15) is 5.82 Å². The molecule has 0 aliphatic carbocycles. The standard InChI is InChI=1S/C22H31BrN8/c1-6-8-11-30(14-20-26-28-29-27-20)21-12-16(5)24-22(25-21)31(7-2)19-10-9-17(15(3)4)13-18(19)23/h9-10,12-13,15H,6-8,11,14H2,1-5H3,(H,26,27,28,29). The van der Waals surface area contributed by atoms with E-state index in [1.807, 2.05) is 13.0 Å². The predicted molar refractivity (Wildman–Crippen MR) is 128 cm³/mol. The maximum Gasteiger partial charge on any atom is 0.232 e. The first-order valence-corrected chi connectivity index (χ1v) is 11.6. The number of anilines is 3. The molecule has 0 fully saturated rings. The SMILES string of the molecule is CCCCN(Cc1nn[nH]n1)c1cc(C)nc(N(CC)c2ccc(C(C)C)cc2Br)n1. The molecule has 0 aliphatic heterocycles. The molecule has 0 saturated carbocycles. The van der Waals surface area contributed by atoms with Crippen molar-refractivity contribution in [2.45, 2.75) is 59.9 Å². The molecule has 1 N–H and O–H groups in total. The van der Waals surface area contributed by atoms with Crippen LogP contribution in [0.3, 0.4) is 0 Å². The Balaban J connectivity index is 1.97. The molecule has 3 rings (SSSR count). The molecule has 31 heavy (non-hydrogen) atoms. The van der Waals surface area contributed by atoms with E-state index in [-0.39, 0.29) is 0 Å². The number of unbranched alkanes of at least 4 members (excludes halogenated alkanes) is 1. The van der Waals surface area contributed by atoms with E-state index in [0.29, 0.717) is 24.2 Å². The minimum Gasteiger partial charge on any atom is -0.349 e. The van der Waals surface area contributed by atoms with Crippen LogP contribution in [-0.2, 0) is 6.54 Å². The largest absolute Gasteiger partial charge is 0.349 e. The van der Waals surface area contributed by atoms with Crippen LogP contribution in [0.1, 0.15) is 63.5 Å². The van der Waals surface area contributed by atoms with Gasteiger partial charge in [-0.1, -0.05) is 38.5 Å². The number of halogens is 1. The van der Waals surface area contributed by atoms with E-state index in [4.69, 9.17) is 9.97 Å². The van der Waals surface area contributed by atoms with Crippen LogP contribution in [0.4, 0.5) is 17.5 Å². The number of hydrogen-bond acceptors (Lipinski definition) is 7. The number of aryl methyl sites for hydroxylation is 1. The summed E-state index contributed by atoms with van der Waals surface area (Å²) in [4.78, 5) is 14.0. The number of nitrogens with zero attached hydrogens (tertiary/aromatic N) is 7. The van der Waals surface area contributed by atoms with E-state index in [0.717, 1.165) is 47.6 Å². The van der Waals surface area contributed by atoms with E-state index in [1.165, 1.54) is 5.56 Å². The Morgan fingerprint density at radius 3 is 2.55 bits per heavy atom. The number of tetrazole rings is 1. The van der Waals surface area contributed by atoms with Gasteiger partial charge in [0.25, 0.3) is 0 Å². The Labute approximate surface area is 192 Å². The number of aromatic amines is 1. The van der Waals surface area contributed by atoms with Crippen LogP contribution in [0.15, 0.2) is 28.7 Å². The fourth-order valence-electron chi connectivity index (χ4n) is 3.38. The second kappa shape index (κ2) is 10.7. The van der Waals surface area contributed by atoms with Gasteiger partial charge in [-0.2, -0.15) is 10.2 Å². The molecule has 0 unspecified atom stereocenters. The lowest BCUT2D eigenvalue weighted by atomic mass is 10.0. The van der Waals surface area contributed by atoms with Crippen LogP contribution in [0.2, 0.25) is 0 Å². The summed E-state index contributed by atoms with van der Waals surface area (Å²) in [5, 5.41) is 14.5. The first kappa shape index (κ1) is 23.1. The Bertz CT molecular complexity index is 974. The van der Waals surface area contributed by atoms with Crippen LogP contribution < -0.4 is 9.80 Å². The summed E-state index contributed by atoms with van der Waals surface area (Å²) < 4.78 is 1.04. The molecule has 1 aromatic carbocycles. The van der Waals surface area contributed by atoms with E-state index >= 15 is 0 Å². The molecule has 0 amide bonds. The molecule has 0 aliphatic rings. The molecule has 0 bridgehead atoms. The summed E-state index contributed by atoms with van der Waals surface area (Å²) in [6.07, 6.45) is 2.14. The summed E-state index contributed by atoms with van der Waals surface area (Å²) >= 11 is 3.76. The number of aromatic nitrogens is 6. The summed E-state index contributed by atoms with van der Waals surface area (Å²) in [5.74, 6) is 2.67. The van der Waals surface area contributed by atoms with Crippen molar-refractivity contribution in [1.29, 1.82) is 0 Å². The zero-order chi connectivity index (χ0) is 22.4. The van der Waals surface area contributed by atoms with E-state index < -0.39 is 0 Å². The van der Waals surface area contributed by atoms with Crippen LogP contribution >= 0.6 is 15.9 Å². The molecule has 166 valence electrons. The maximum absolute atomic E-state index is 4.95. The Morgan fingerprint density at radius 1 is 1.13 bits per heavy atom. The fourth-order valence-corrected chi connectivity index (χ4v) is 3.99. The van der Waals surface area contributed by atoms with Crippen molar-refractivity contribution in [2.24, 2.45) is 0 Å². The average molecular weight is 487 g/mol. The lowest BCUT2D eigenvalue weighted by Crippen LogP contribution is -2.27. The monoisotopic (exact) mass is 486 g/mol. The van der Waals surface area contributed by atoms with Gasteiger partial charge in [-0.3, -0.25) is 0 Å². The number of hydrogen-bond donors (Lipinski definition) is 1. The minimum atomic E-state index is 0.472. The van der Waals surface area contributed by atoms with Crippen molar-refractivity contribution >= 4 is 33.4 Å². The molecule has 0 spiro atoms. The van der Waals surface area contributed by atoms with Gasteiger partial charge in [-0.05, 0) is 59.8 Å². The zero-order valence-corrected chi connectivity index (χ0v) is 20.5. The highest BCUT2D eigenvalue weighted by atomic mass is 79.9. The van der Waals surface area contributed by atoms with Gasteiger partial charge in [0.15, 0.2) is 5.82 Å². The highest BCUT2D eigenvalue weighted by Crippen LogP contribution is 2.33. The molecule has 2 heterocycles. The molecule has 9 heteroatoms. The highest BCUT2D eigenvalue weighted by molar-refractivity contribution is 9.10. The van der Waals surface area contributed by atoms with E-state index in [2.05, 4.69) is 92.2 Å². The molecular formula is C22H31BrN8. The van der Waals surface area contributed by atoms with E-state index in [1.54, 1.807) is 0 Å². The second-order valence-electron chi connectivity index (χ2n) is 7.88. The van der Waals surface area contributed by atoms with Crippen molar-refractivity contribution in [1.82, 2.24) is 30.6 Å². The number of nitrogens with one attached hydrogen (secondary N) is 1. The highest BCUT2D eigenvalue weighted by Gasteiger charge is 2.19. The average Bonchev–Trinajstić information content (AvgIpc) is 3.25. The summed E-state index contributed by atoms with van der Waals surface area (Å²) in [7, 11) is 0. The molecule has 0 saturated heterocycles. The zero-order valence-electron chi connectivity index (χ0n) is 18.9. The molecule has 0 atom stereocenters. The first-order chi connectivity index (χ1) is 14.9. The molecular weight excluding hydrogens is 456 g/mol. The lowest BCUT2D eigenvalue weighted by molar-refractivity contribution is 0.687. The third-order valence-corrected chi connectivity index (χ3v) is 5.78. The van der Waals surface area contributed by atoms with Gasteiger partial charge in [-0.15, -0.1) is 10.2 Å². The van der Waals surface area contributed by atoms with Crippen LogP contribution in [-0.4, -0.2) is 43.7 Å². The van der Waals surface area contributed by atoms with Gasteiger partial charge < -0.3 is 9.80 Å². The third-order valence-electron chi connectivity index (χ3n) is 5.14. The molecule has 0 radical (unpaired) electrons. The topological polar surface area (TPSA) is 86.7 Å². The van der Waals surface area contributed by atoms with Gasteiger partial charge in [-0.25, -0.2) is 4.98 Å². The van der Waals surface area contributed by atoms with Gasteiger partial charge in [0.2, 0.25) is 5.95 Å².